The molecule has 0 bridgehead atoms. The Morgan fingerprint density at radius 1 is 1.23 bits per heavy atom. The van der Waals surface area contributed by atoms with Crippen molar-refractivity contribution in [1.29, 1.82) is 5.26 Å². The van der Waals surface area contributed by atoms with Gasteiger partial charge in [-0.05, 0) is 19.1 Å². The van der Waals surface area contributed by atoms with Crippen molar-refractivity contribution >= 4 is 28.3 Å². The number of esters is 1. The molecule has 0 aromatic heterocycles. The highest BCUT2D eigenvalue weighted by molar-refractivity contribution is 6.11. The van der Waals surface area contributed by atoms with Crippen LogP contribution in [0.5, 0.6) is 5.75 Å². The van der Waals surface area contributed by atoms with Crippen LogP contribution in [0.4, 0.5) is 5.69 Å². The van der Waals surface area contributed by atoms with Crippen molar-refractivity contribution in [3.05, 3.63) is 48.2 Å². The van der Waals surface area contributed by atoms with Gasteiger partial charge >= 0.3 is 5.97 Å². The third-order valence-corrected chi connectivity index (χ3v) is 3.54. The van der Waals surface area contributed by atoms with E-state index in [4.69, 9.17) is 4.74 Å². The molecule has 0 aliphatic carbocycles. The minimum atomic E-state index is -0.591. The monoisotopic (exact) mass is 353 g/mol. The summed E-state index contributed by atoms with van der Waals surface area (Å²) in [7, 11) is 0. The van der Waals surface area contributed by atoms with E-state index in [-0.39, 0.29) is 30.3 Å². The Morgan fingerprint density at radius 3 is 2.69 bits per heavy atom. The number of nitrogens with zero attached hydrogens (tertiary/aromatic N) is 1. The molecule has 2 aromatic rings. The predicted octanol–water partition coefficient (Wildman–Crippen LogP) is 2.43. The Bertz CT molecular complexity index is 884. The van der Waals surface area contributed by atoms with Crippen LogP contribution in [0, 0.1) is 11.3 Å². The number of carbonyl (C=O) groups excluding carboxylic acids is 2. The second-order valence-corrected chi connectivity index (χ2v) is 5.31. The molecule has 1 amide bonds. The summed E-state index contributed by atoms with van der Waals surface area (Å²) in [6, 6.07) is 11.9. The number of rotatable bonds is 7. The molecule has 134 valence electrons. The van der Waals surface area contributed by atoms with Gasteiger partial charge in [0, 0.05) is 29.2 Å². The summed E-state index contributed by atoms with van der Waals surface area (Å²) >= 11 is 0. The molecule has 2 rings (SSSR count). The number of anilines is 1. The van der Waals surface area contributed by atoms with Gasteiger partial charge in [-0.25, -0.2) is 0 Å². The zero-order valence-corrected chi connectivity index (χ0v) is 14.3. The molecular weight excluding hydrogens is 334 g/mol. The van der Waals surface area contributed by atoms with E-state index in [9.17, 15) is 20.0 Å². The molecule has 2 aromatic carbocycles. The molecular formula is C19H19N3O4. The number of carbonyl (C=O) groups is 2. The number of fused-ring (bicyclic) bond motifs is 1. The first kappa shape index (κ1) is 18.8. The summed E-state index contributed by atoms with van der Waals surface area (Å²) in [6.07, 6.45) is 1.39. The number of aromatic hydroxyl groups is 1. The van der Waals surface area contributed by atoms with Gasteiger partial charge in [-0.3, -0.25) is 9.59 Å². The summed E-state index contributed by atoms with van der Waals surface area (Å²) in [4.78, 5) is 23.5. The first-order chi connectivity index (χ1) is 12.6. The Labute approximate surface area is 150 Å². The Kier molecular flexibility index (Phi) is 6.57. The average molecular weight is 353 g/mol. The molecule has 26 heavy (non-hydrogen) atoms. The van der Waals surface area contributed by atoms with E-state index in [0.29, 0.717) is 23.1 Å². The van der Waals surface area contributed by atoms with Crippen LogP contribution in [0.25, 0.3) is 10.8 Å². The van der Waals surface area contributed by atoms with Gasteiger partial charge in [0.1, 0.15) is 17.4 Å². The topological polar surface area (TPSA) is 111 Å². The Balaban J connectivity index is 2.06. The fourth-order valence-electron chi connectivity index (χ4n) is 2.32. The fraction of sp³-hybridized carbons (Fsp3) is 0.211. The van der Waals surface area contributed by atoms with E-state index in [1.54, 1.807) is 43.3 Å². The lowest BCUT2D eigenvalue weighted by atomic mass is 10.1. The van der Waals surface area contributed by atoms with Gasteiger partial charge < -0.3 is 20.5 Å². The Hall–Kier alpha value is -3.53. The predicted molar refractivity (Wildman–Crippen MR) is 97.2 cm³/mol. The molecule has 0 aliphatic heterocycles. The van der Waals surface area contributed by atoms with Gasteiger partial charge in [0.25, 0.3) is 5.91 Å². The van der Waals surface area contributed by atoms with Crippen molar-refractivity contribution in [2.45, 2.75) is 13.3 Å². The van der Waals surface area contributed by atoms with Gasteiger partial charge in [-0.15, -0.1) is 0 Å². The number of amides is 1. The van der Waals surface area contributed by atoms with Crippen LogP contribution in [-0.2, 0) is 14.3 Å². The summed E-state index contributed by atoms with van der Waals surface area (Å²) in [6.45, 7) is 2.27. The highest BCUT2D eigenvalue weighted by atomic mass is 16.5. The molecule has 0 atom stereocenters. The van der Waals surface area contributed by atoms with E-state index in [0.717, 1.165) is 0 Å². The number of ether oxygens (including phenoxy) is 1. The molecule has 0 heterocycles. The van der Waals surface area contributed by atoms with Gasteiger partial charge in [0.05, 0.1) is 13.0 Å². The maximum absolute atomic E-state index is 12.3. The number of phenolic OH excluding ortho intramolecular Hbond substituents is 1. The molecule has 0 radical (unpaired) electrons. The van der Waals surface area contributed by atoms with Crippen LogP contribution in [0.2, 0.25) is 0 Å². The van der Waals surface area contributed by atoms with Crippen LogP contribution in [0.15, 0.2) is 48.2 Å². The summed E-state index contributed by atoms with van der Waals surface area (Å²) in [5.74, 6) is -0.839. The zero-order chi connectivity index (χ0) is 18.9. The van der Waals surface area contributed by atoms with E-state index < -0.39 is 5.91 Å². The molecule has 7 nitrogen and oxygen atoms in total. The number of nitrogens with one attached hydrogen (secondary N) is 2. The van der Waals surface area contributed by atoms with Crippen molar-refractivity contribution in [1.82, 2.24) is 5.32 Å². The first-order valence-electron chi connectivity index (χ1n) is 8.08. The van der Waals surface area contributed by atoms with E-state index in [1.807, 2.05) is 6.07 Å². The normalized spacial score (nSPS) is 10.8. The first-order valence-corrected chi connectivity index (χ1v) is 8.08. The minimum Gasteiger partial charge on any atom is -0.507 e. The highest BCUT2D eigenvalue weighted by Gasteiger charge is 2.12. The highest BCUT2D eigenvalue weighted by Crippen LogP contribution is 2.29. The fourth-order valence-corrected chi connectivity index (χ4v) is 2.32. The molecule has 0 saturated carbocycles. The molecule has 3 N–H and O–H groups in total. The smallest absolute Gasteiger partial charge is 0.307 e. The largest absolute Gasteiger partial charge is 0.507 e. The molecule has 0 aliphatic rings. The van der Waals surface area contributed by atoms with Crippen molar-refractivity contribution in [2.24, 2.45) is 0 Å². The Morgan fingerprint density at radius 2 is 1.96 bits per heavy atom. The van der Waals surface area contributed by atoms with Crippen molar-refractivity contribution in [2.75, 3.05) is 18.5 Å². The molecule has 0 unspecified atom stereocenters. The van der Waals surface area contributed by atoms with Gasteiger partial charge in [-0.2, -0.15) is 5.26 Å². The summed E-state index contributed by atoms with van der Waals surface area (Å²) < 4.78 is 4.79. The van der Waals surface area contributed by atoms with Crippen molar-refractivity contribution in [3.8, 4) is 11.8 Å². The molecule has 0 fully saturated rings. The minimum absolute atomic E-state index is 0.107. The van der Waals surface area contributed by atoms with E-state index in [2.05, 4.69) is 10.6 Å². The number of benzene rings is 2. The van der Waals surface area contributed by atoms with Gasteiger partial charge in [0.2, 0.25) is 0 Å². The average Bonchev–Trinajstić information content (AvgIpc) is 2.63. The lowest BCUT2D eigenvalue weighted by Crippen LogP contribution is -2.19. The van der Waals surface area contributed by atoms with Crippen LogP contribution < -0.4 is 10.6 Å². The van der Waals surface area contributed by atoms with E-state index in [1.165, 1.54) is 6.20 Å². The lowest BCUT2D eigenvalue weighted by molar-refractivity contribution is -0.142. The number of nitriles is 1. The lowest BCUT2D eigenvalue weighted by Gasteiger charge is -2.09. The quantitative estimate of drug-likeness (QED) is 0.305. The second kappa shape index (κ2) is 9.08. The number of hydrogen-bond donors (Lipinski definition) is 3. The van der Waals surface area contributed by atoms with E-state index >= 15 is 0 Å². The third kappa shape index (κ3) is 4.74. The summed E-state index contributed by atoms with van der Waals surface area (Å²) in [5.41, 5.74) is 0.349. The van der Waals surface area contributed by atoms with Crippen LogP contribution in [-0.4, -0.2) is 30.1 Å². The zero-order valence-electron chi connectivity index (χ0n) is 14.3. The number of phenols is 1. The standard InChI is InChI=1S/C19H19N3O4/c1-2-26-18(24)9-10-21-12-13(11-20)19(25)22-16-7-3-6-15-14(16)5-4-8-17(15)23/h3-8,12,21,23H,2,9-10H2,1H3,(H,22,25)/b13-12-. The molecule has 7 heteroatoms. The van der Waals surface area contributed by atoms with Crippen LogP contribution in [0.1, 0.15) is 13.3 Å². The van der Waals surface area contributed by atoms with Crippen molar-refractivity contribution < 1.29 is 19.4 Å². The maximum atomic E-state index is 12.3. The van der Waals surface area contributed by atoms with Crippen LogP contribution >= 0.6 is 0 Å². The second-order valence-electron chi connectivity index (χ2n) is 5.31. The van der Waals surface area contributed by atoms with Gasteiger partial charge in [0.15, 0.2) is 0 Å². The number of hydrogen-bond acceptors (Lipinski definition) is 6. The maximum Gasteiger partial charge on any atom is 0.307 e. The van der Waals surface area contributed by atoms with Crippen molar-refractivity contribution in [3.63, 3.8) is 0 Å². The molecule has 0 spiro atoms. The molecule has 0 saturated heterocycles. The van der Waals surface area contributed by atoms with Gasteiger partial charge in [-0.1, -0.05) is 24.3 Å². The summed E-state index contributed by atoms with van der Waals surface area (Å²) in [5, 5.41) is 25.7. The van der Waals surface area contributed by atoms with Crippen LogP contribution in [0.3, 0.4) is 0 Å². The SMILES string of the molecule is CCOC(=O)CCN/C=C(/C#N)C(=O)Nc1cccc2c(O)cccc12. The third-order valence-electron chi connectivity index (χ3n) is 3.54.